The average molecular weight is 127 g/mol. The van der Waals surface area contributed by atoms with E-state index in [1.807, 2.05) is 0 Å². The number of aromatic nitrogens is 1. The summed E-state index contributed by atoms with van der Waals surface area (Å²) < 4.78 is 6.38. The van der Waals surface area contributed by atoms with Crippen molar-refractivity contribution in [3.63, 3.8) is 0 Å². The Labute approximate surface area is 53.5 Å². The van der Waals surface area contributed by atoms with Crippen LogP contribution in [0, 0.1) is 0 Å². The highest BCUT2D eigenvalue weighted by molar-refractivity contribution is 5.33. The number of rotatable bonds is 1. The maximum atomic E-state index is 9.08. The van der Waals surface area contributed by atoms with Crippen molar-refractivity contribution in [1.29, 1.82) is 0 Å². The molecule has 0 saturated carbocycles. The molecule has 0 aromatic carbocycles. The predicted octanol–water partition coefficient (Wildman–Crippen LogP) is 0.739. The topological polar surface area (TPSA) is 34.4 Å². The van der Waals surface area contributed by atoms with Crippen LogP contribution in [0.5, 0.6) is 11.6 Å². The molecule has 3 heteroatoms. The highest BCUT2D eigenvalue weighted by Crippen LogP contribution is 2.24. The molecule has 3 nitrogen and oxygen atoms in total. The number of hydrogen-bond donors (Lipinski definition) is 1. The van der Waals surface area contributed by atoms with E-state index in [4.69, 9.17) is 9.84 Å². The zero-order valence-electron chi connectivity index (χ0n) is 5.46. The molecule has 1 rings (SSSR count). The minimum atomic E-state index is 0.164. The minimum Gasteiger partial charge on any atom is -0.492 e. The minimum absolute atomic E-state index is 0.164. The number of aryl methyl sites for hydroxylation is 1. The van der Waals surface area contributed by atoms with Gasteiger partial charge in [0.1, 0.15) is 0 Å². The van der Waals surface area contributed by atoms with Gasteiger partial charge < -0.3 is 14.4 Å². The molecule has 0 aliphatic carbocycles. The third-order valence-electron chi connectivity index (χ3n) is 1.22. The van der Waals surface area contributed by atoms with E-state index in [0.29, 0.717) is 5.75 Å². The van der Waals surface area contributed by atoms with Crippen molar-refractivity contribution in [3.05, 3.63) is 12.3 Å². The molecule has 0 amide bonds. The van der Waals surface area contributed by atoms with Gasteiger partial charge in [-0.1, -0.05) is 0 Å². The molecule has 50 valence electrons. The third kappa shape index (κ3) is 0.850. The van der Waals surface area contributed by atoms with Gasteiger partial charge >= 0.3 is 0 Å². The molecule has 0 radical (unpaired) electrons. The molecule has 0 bridgehead atoms. The molecule has 0 aliphatic heterocycles. The summed E-state index contributed by atoms with van der Waals surface area (Å²) in [6.45, 7) is 0. The van der Waals surface area contributed by atoms with Gasteiger partial charge in [-0.15, -0.1) is 0 Å². The van der Waals surface area contributed by atoms with Crippen molar-refractivity contribution in [2.45, 2.75) is 0 Å². The average Bonchev–Trinajstić information content (AvgIpc) is 2.15. The third-order valence-corrected chi connectivity index (χ3v) is 1.22. The SMILES string of the molecule is COc1ccn(C)c1O. The van der Waals surface area contributed by atoms with E-state index in [1.54, 1.807) is 23.9 Å². The van der Waals surface area contributed by atoms with Crippen LogP contribution in [-0.2, 0) is 7.05 Å². The second-order valence-electron chi connectivity index (χ2n) is 1.82. The zero-order chi connectivity index (χ0) is 6.85. The van der Waals surface area contributed by atoms with Crippen molar-refractivity contribution >= 4 is 0 Å². The zero-order valence-corrected chi connectivity index (χ0v) is 5.46. The van der Waals surface area contributed by atoms with E-state index in [0.717, 1.165) is 0 Å². The van der Waals surface area contributed by atoms with Crippen LogP contribution < -0.4 is 4.74 Å². The van der Waals surface area contributed by atoms with Crippen molar-refractivity contribution in [3.8, 4) is 11.6 Å². The molecular formula is C6H9NO2. The van der Waals surface area contributed by atoms with Crippen molar-refractivity contribution < 1.29 is 9.84 Å². The van der Waals surface area contributed by atoms with E-state index in [2.05, 4.69) is 0 Å². The molecule has 1 aromatic rings. The molecule has 1 N–H and O–H groups in total. The van der Waals surface area contributed by atoms with Gasteiger partial charge in [0.15, 0.2) is 5.75 Å². The van der Waals surface area contributed by atoms with Gasteiger partial charge in [-0.3, -0.25) is 0 Å². The van der Waals surface area contributed by atoms with Crippen LogP contribution in [0.2, 0.25) is 0 Å². The molecule has 1 aromatic heterocycles. The number of hydrogen-bond acceptors (Lipinski definition) is 2. The van der Waals surface area contributed by atoms with Gasteiger partial charge in [0.2, 0.25) is 5.88 Å². The first-order valence-corrected chi connectivity index (χ1v) is 2.64. The van der Waals surface area contributed by atoms with Crippen LogP contribution in [0.3, 0.4) is 0 Å². The Bertz CT molecular complexity index is 205. The quantitative estimate of drug-likeness (QED) is 0.603. The predicted molar refractivity (Wildman–Crippen MR) is 33.6 cm³/mol. The largest absolute Gasteiger partial charge is 0.492 e. The molecular weight excluding hydrogens is 118 g/mol. The van der Waals surface area contributed by atoms with Crippen molar-refractivity contribution in [2.24, 2.45) is 7.05 Å². The second-order valence-corrected chi connectivity index (χ2v) is 1.82. The summed E-state index contributed by atoms with van der Waals surface area (Å²) >= 11 is 0. The molecule has 0 aliphatic rings. The lowest BCUT2D eigenvalue weighted by Gasteiger charge is -1.96. The van der Waals surface area contributed by atoms with E-state index in [-0.39, 0.29) is 5.88 Å². The molecule has 9 heavy (non-hydrogen) atoms. The number of nitrogens with zero attached hydrogens (tertiary/aromatic N) is 1. The number of methoxy groups -OCH3 is 1. The van der Waals surface area contributed by atoms with E-state index in [9.17, 15) is 0 Å². The van der Waals surface area contributed by atoms with Gasteiger partial charge in [0.05, 0.1) is 7.11 Å². The van der Waals surface area contributed by atoms with Crippen LogP contribution >= 0.6 is 0 Å². The molecule has 0 fully saturated rings. The Balaban J connectivity index is 3.04. The lowest BCUT2D eigenvalue weighted by molar-refractivity contribution is 0.359. The summed E-state index contributed by atoms with van der Waals surface area (Å²) in [6, 6.07) is 1.70. The molecule has 0 unspecified atom stereocenters. The summed E-state index contributed by atoms with van der Waals surface area (Å²) in [5, 5.41) is 9.08. The first-order chi connectivity index (χ1) is 4.25. The van der Waals surface area contributed by atoms with Crippen LogP contribution in [0.15, 0.2) is 12.3 Å². The first-order valence-electron chi connectivity index (χ1n) is 2.64. The highest BCUT2D eigenvalue weighted by atomic mass is 16.5. The summed E-state index contributed by atoms with van der Waals surface area (Å²) in [6.07, 6.45) is 1.73. The van der Waals surface area contributed by atoms with Crippen LogP contribution in [0.1, 0.15) is 0 Å². The van der Waals surface area contributed by atoms with E-state index < -0.39 is 0 Å². The van der Waals surface area contributed by atoms with Gasteiger partial charge in [0, 0.05) is 19.3 Å². The standard InChI is InChI=1S/C6H9NO2/c1-7-4-3-5(9-2)6(7)8/h3-4,8H,1-2H3. The lowest BCUT2D eigenvalue weighted by Crippen LogP contribution is -1.84. The first kappa shape index (κ1) is 6.01. The fourth-order valence-corrected chi connectivity index (χ4v) is 0.658. The molecule has 0 spiro atoms. The van der Waals surface area contributed by atoms with Crippen LogP contribution in [0.4, 0.5) is 0 Å². The van der Waals surface area contributed by atoms with Gasteiger partial charge in [-0.05, 0) is 0 Å². The Morgan fingerprint density at radius 2 is 2.33 bits per heavy atom. The van der Waals surface area contributed by atoms with Crippen LogP contribution in [0.25, 0.3) is 0 Å². The highest BCUT2D eigenvalue weighted by Gasteiger charge is 2.01. The fourth-order valence-electron chi connectivity index (χ4n) is 0.658. The number of aromatic hydroxyl groups is 1. The summed E-state index contributed by atoms with van der Waals surface area (Å²) in [5.74, 6) is 0.676. The smallest absolute Gasteiger partial charge is 0.234 e. The number of ether oxygens (including phenoxy) is 1. The Kier molecular flexibility index (Phi) is 1.34. The van der Waals surface area contributed by atoms with E-state index in [1.165, 1.54) is 7.11 Å². The Hall–Kier alpha value is -1.12. The maximum absolute atomic E-state index is 9.08. The Morgan fingerprint density at radius 3 is 2.56 bits per heavy atom. The maximum Gasteiger partial charge on any atom is 0.234 e. The normalized spacial score (nSPS) is 9.56. The van der Waals surface area contributed by atoms with E-state index >= 15 is 0 Å². The molecule has 0 saturated heterocycles. The summed E-state index contributed by atoms with van der Waals surface area (Å²) in [4.78, 5) is 0. The van der Waals surface area contributed by atoms with Gasteiger partial charge in [-0.2, -0.15) is 0 Å². The summed E-state index contributed by atoms with van der Waals surface area (Å²) in [7, 11) is 3.27. The Morgan fingerprint density at radius 1 is 1.67 bits per heavy atom. The molecule has 0 atom stereocenters. The van der Waals surface area contributed by atoms with Crippen molar-refractivity contribution in [2.75, 3.05) is 7.11 Å². The van der Waals surface area contributed by atoms with Gasteiger partial charge in [-0.25, -0.2) is 0 Å². The fraction of sp³-hybridized carbons (Fsp3) is 0.333. The second kappa shape index (κ2) is 2.01. The van der Waals surface area contributed by atoms with Crippen molar-refractivity contribution in [1.82, 2.24) is 4.57 Å². The van der Waals surface area contributed by atoms with Gasteiger partial charge in [0.25, 0.3) is 0 Å². The summed E-state index contributed by atoms with van der Waals surface area (Å²) in [5.41, 5.74) is 0. The van der Waals surface area contributed by atoms with Crippen LogP contribution in [-0.4, -0.2) is 16.8 Å². The molecule has 1 heterocycles. The lowest BCUT2D eigenvalue weighted by atomic mass is 10.6. The monoisotopic (exact) mass is 127 g/mol.